The molecule has 0 N–H and O–H groups in total. The molecule has 1 unspecified atom stereocenters. The van der Waals surface area contributed by atoms with Crippen molar-refractivity contribution < 1.29 is 9.53 Å². The van der Waals surface area contributed by atoms with Crippen LogP contribution < -0.4 is 0 Å². The quantitative estimate of drug-likeness (QED) is 0.457. The molecule has 1 spiro atoms. The largest absolute Gasteiger partial charge is 0.462 e. The third kappa shape index (κ3) is 1.28. The lowest BCUT2D eigenvalue weighted by Crippen LogP contribution is -2.22. The van der Waals surface area contributed by atoms with Gasteiger partial charge in [0, 0.05) is 6.42 Å². The van der Waals surface area contributed by atoms with E-state index in [0.29, 0.717) is 5.92 Å². The van der Waals surface area contributed by atoms with Gasteiger partial charge in [0.2, 0.25) is 0 Å². The van der Waals surface area contributed by atoms with Crippen LogP contribution in [0.3, 0.4) is 0 Å². The molecule has 13 heavy (non-hydrogen) atoms. The molecule has 1 saturated heterocycles. The topological polar surface area (TPSA) is 26.3 Å². The molecule has 72 valence electrons. The first kappa shape index (κ1) is 8.79. The summed E-state index contributed by atoms with van der Waals surface area (Å²) in [5.74, 6) is 0.472. The van der Waals surface area contributed by atoms with Gasteiger partial charge in [0.25, 0.3) is 0 Å². The zero-order valence-electron chi connectivity index (χ0n) is 8.25. The molecule has 0 saturated carbocycles. The zero-order chi connectivity index (χ0) is 9.47. The molecule has 1 atom stereocenters. The number of esters is 1. The molecule has 1 aliphatic carbocycles. The SMILES string of the molecule is CC(C)C1CC2(CC=CC2)C(=O)O1. The van der Waals surface area contributed by atoms with Gasteiger partial charge in [-0.05, 0) is 18.8 Å². The highest BCUT2D eigenvalue weighted by molar-refractivity contribution is 5.80. The zero-order valence-corrected chi connectivity index (χ0v) is 8.25. The van der Waals surface area contributed by atoms with E-state index in [2.05, 4.69) is 26.0 Å². The van der Waals surface area contributed by atoms with Gasteiger partial charge in [-0.25, -0.2) is 0 Å². The Morgan fingerprint density at radius 3 is 2.54 bits per heavy atom. The predicted molar refractivity (Wildman–Crippen MR) is 50.1 cm³/mol. The van der Waals surface area contributed by atoms with E-state index in [0.717, 1.165) is 19.3 Å². The number of carbonyl (C=O) groups is 1. The molecular formula is C11H16O2. The molecular weight excluding hydrogens is 164 g/mol. The third-order valence-corrected chi connectivity index (χ3v) is 3.21. The van der Waals surface area contributed by atoms with Crippen molar-refractivity contribution in [3.8, 4) is 0 Å². The van der Waals surface area contributed by atoms with Crippen LogP contribution >= 0.6 is 0 Å². The fourth-order valence-corrected chi connectivity index (χ4v) is 2.18. The lowest BCUT2D eigenvalue weighted by molar-refractivity contribution is -0.149. The maximum atomic E-state index is 11.7. The van der Waals surface area contributed by atoms with Crippen LogP contribution in [0, 0.1) is 11.3 Å². The lowest BCUT2D eigenvalue weighted by Gasteiger charge is -2.17. The predicted octanol–water partition coefficient (Wildman–Crippen LogP) is 2.29. The number of cyclic esters (lactones) is 1. The van der Waals surface area contributed by atoms with E-state index >= 15 is 0 Å². The minimum Gasteiger partial charge on any atom is -0.462 e. The van der Waals surface area contributed by atoms with Crippen LogP contribution in [0.1, 0.15) is 33.1 Å². The Labute approximate surface area is 79.0 Å². The maximum Gasteiger partial charge on any atom is 0.313 e. The first-order chi connectivity index (χ1) is 6.14. The first-order valence-corrected chi connectivity index (χ1v) is 5.00. The summed E-state index contributed by atoms with van der Waals surface area (Å²) in [6.45, 7) is 4.22. The molecule has 0 amide bonds. The van der Waals surface area contributed by atoms with Crippen LogP contribution in [-0.2, 0) is 9.53 Å². The van der Waals surface area contributed by atoms with Gasteiger partial charge in [-0.15, -0.1) is 0 Å². The summed E-state index contributed by atoms with van der Waals surface area (Å²) in [4.78, 5) is 11.7. The Hall–Kier alpha value is -0.790. The molecule has 2 nitrogen and oxygen atoms in total. The van der Waals surface area contributed by atoms with Gasteiger partial charge in [0.1, 0.15) is 6.10 Å². The number of allylic oxidation sites excluding steroid dienone is 2. The van der Waals surface area contributed by atoms with Gasteiger partial charge in [-0.3, -0.25) is 4.79 Å². The van der Waals surface area contributed by atoms with Crippen molar-refractivity contribution in [1.82, 2.24) is 0 Å². The van der Waals surface area contributed by atoms with Crippen molar-refractivity contribution in [2.24, 2.45) is 11.3 Å². The Morgan fingerprint density at radius 1 is 1.46 bits per heavy atom. The Morgan fingerprint density at radius 2 is 2.08 bits per heavy atom. The summed E-state index contributed by atoms with van der Waals surface area (Å²) in [6, 6.07) is 0. The highest BCUT2D eigenvalue weighted by atomic mass is 16.6. The summed E-state index contributed by atoms with van der Waals surface area (Å²) in [7, 11) is 0. The molecule has 2 rings (SSSR count). The van der Waals surface area contributed by atoms with Gasteiger partial charge in [0.05, 0.1) is 5.41 Å². The smallest absolute Gasteiger partial charge is 0.313 e. The van der Waals surface area contributed by atoms with E-state index in [9.17, 15) is 4.79 Å². The highest BCUT2D eigenvalue weighted by Gasteiger charge is 2.49. The van der Waals surface area contributed by atoms with Crippen molar-refractivity contribution >= 4 is 5.97 Å². The molecule has 0 radical (unpaired) electrons. The van der Waals surface area contributed by atoms with Crippen LogP contribution in [0.5, 0.6) is 0 Å². The van der Waals surface area contributed by atoms with Crippen molar-refractivity contribution in [3.05, 3.63) is 12.2 Å². The molecule has 0 aromatic heterocycles. The van der Waals surface area contributed by atoms with Crippen molar-refractivity contribution in [2.45, 2.75) is 39.2 Å². The second-order valence-electron chi connectivity index (χ2n) is 4.55. The monoisotopic (exact) mass is 180 g/mol. The lowest BCUT2D eigenvalue weighted by atomic mass is 9.81. The molecule has 1 fully saturated rings. The minimum atomic E-state index is -0.172. The fraction of sp³-hybridized carbons (Fsp3) is 0.727. The minimum absolute atomic E-state index is 0.0243. The van der Waals surface area contributed by atoms with Crippen LogP contribution in [0.4, 0.5) is 0 Å². The normalized spacial score (nSPS) is 30.4. The number of rotatable bonds is 1. The Bertz CT molecular complexity index is 245. The highest BCUT2D eigenvalue weighted by Crippen LogP contribution is 2.45. The molecule has 0 bridgehead atoms. The van der Waals surface area contributed by atoms with Crippen LogP contribution in [0.2, 0.25) is 0 Å². The van der Waals surface area contributed by atoms with Crippen molar-refractivity contribution in [2.75, 3.05) is 0 Å². The molecule has 2 heteroatoms. The van der Waals surface area contributed by atoms with E-state index in [1.54, 1.807) is 0 Å². The van der Waals surface area contributed by atoms with Crippen LogP contribution in [0.25, 0.3) is 0 Å². The molecule has 0 aromatic carbocycles. The molecule has 0 aromatic rings. The summed E-state index contributed by atoms with van der Waals surface area (Å²) < 4.78 is 5.38. The van der Waals surface area contributed by atoms with Gasteiger partial charge in [0.15, 0.2) is 0 Å². The van der Waals surface area contributed by atoms with Crippen LogP contribution in [0.15, 0.2) is 12.2 Å². The van der Waals surface area contributed by atoms with Crippen molar-refractivity contribution in [3.63, 3.8) is 0 Å². The number of hydrogen-bond acceptors (Lipinski definition) is 2. The average molecular weight is 180 g/mol. The number of hydrogen-bond donors (Lipinski definition) is 0. The summed E-state index contributed by atoms with van der Waals surface area (Å²) in [5.41, 5.74) is -0.172. The van der Waals surface area contributed by atoms with E-state index in [4.69, 9.17) is 4.74 Å². The van der Waals surface area contributed by atoms with Gasteiger partial charge >= 0.3 is 5.97 Å². The first-order valence-electron chi connectivity index (χ1n) is 5.00. The maximum absolute atomic E-state index is 11.7. The van der Waals surface area contributed by atoms with Crippen LogP contribution in [-0.4, -0.2) is 12.1 Å². The molecule has 1 heterocycles. The van der Waals surface area contributed by atoms with Gasteiger partial charge in [-0.2, -0.15) is 0 Å². The Balaban J connectivity index is 2.12. The average Bonchev–Trinajstić information content (AvgIpc) is 2.63. The summed E-state index contributed by atoms with van der Waals surface area (Å²) >= 11 is 0. The van der Waals surface area contributed by atoms with Gasteiger partial charge in [-0.1, -0.05) is 26.0 Å². The number of carbonyl (C=O) groups excluding carboxylic acids is 1. The molecule has 1 aliphatic heterocycles. The van der Waals surface area contributed by atoms with E-state index < -0.39 is 0 Å². The standard InChI is InChI=1S/C11H16O2/c1-8(2)9-7-11(10(12)13-9)5-3-4-6-11/h3-4,8-9H,5-7H2,1-2H3. The Kier molecular flexibility index (Phi) is 1.94. The second-order valence-corrected chi connectivity index (χ2v) is 4.55. The summed E-state index contributed by atoms with van der Waals surface area (Å²) in [5, 5.41) is 0. The van der Waals surface area contributed by atoms with E-state index in [1.807, 2.05) is 0 Å². The fourth-order valence-electron chi connectivity index (χ4n) is 2.18. The summed E-state index contributed by atoms with van der Waals surface area (Å²) in [6.07, 6.45) is 7.03. The van der Waals surface area contributed by atoms with E-state index in [-0.39, 0.29) is 17.5 Å². The van der Waals surface area contributed by atoms with E-state index in [1.165, 1.54) is 0 Å². The van der Waals surface area contributed by atoms with Gasteiger partial charge < -0.3 is 4.74 Å². The van der Waals surface area contributed by atoms with Crippen molar-refractivity contribution in [1.29, 1.82) is 0 Å². The molecule has 2 aliphatic rings. The number of ether oxygens (including phenoxy) is 1. The third-order valence-electron chi connectivity index (χ3n) is 3.21. The second kappa shape index (κ2) is 2.86.